The highest BCUT2D eigenvalue weighted by Crippen LogP contribution is 2.30. The SMILES string of the molecule is O[C@H]1[C@H](O)CN(C[C@H]2CCCN(c3ccc(C(F)(F)F)nc3)C2)C[C@@H]1O. The van der Waals surface area contributed by atoms with Crippen LogP contribution < -0.4 is 4.90 Å². The third-order valence-electron chi connectivity index (χ3n) is 5.12. The van der Waals surface area contributed by atoms with Crippen molar-refractivity contribution in [2.45, 2.75) is 37.3 Å². The fraction of sp³-hybridized carbons (Fsp3) is 0.706. The van der Waals surface area contributed by atoms with Crippen molar-refractivity contribution in [3.05, 3.63) is 24.0 Å². The van der Waals surface area contributed by atoms with Gasteiger partial charge in [-0.15, -0.1) is 0 Å². The van der Waals surface area contributed by atoms with Gasteiger partial charge in [0.25, 0.3) is 0 Å². The predicted octanol–water partition coefficient (Wildman–Crippen LogP) is 0.715. The number of alkyl halides is 3. The smallest absolute Gasteiger partial charge is 0.389 e. The van der Waals surface area contributed by atoms with Crippen LogP contribution in [0.15, 0.2) is 18.3 Å². The summed E-state index contributed by atoms with van der Waals surface area (Å²) in [6.45, 7) is 2.70. The van der Waals surface area contributed by atoms with Gasteiger partial charge in [-0.25, -0.2) is 4.98 Å². The summed E-state index contributed by atoms with van der Waals surface area (Å²) in [4.78, 5) is 7.48. The Hall–Kier alpha value is -1.42. The molecular formula is C17H24F3N3O3. The van der Waals surface area contributed by atoms with E-state index in [2.05, 4.69) is 4.98 Å². The highest BCUT2D eigenvalue weighted by atomic mass is 19.4. The minimum absolute atomic E-state index is 0.265. The lowest BCUT2D eigenvalue weighted by atomic mass is 9.94. The number of β-amino-alcohol motifs (C(OH)–C–C–N with tert-alkyl or cyclic N) is 2. The van der Waals surface area contributed by atoms with Crippen molar-refractivity contribution >= 4 is 5.69 Å². The molecule has 3 rings (SSSR count). The van der Waals surface area contributed by atoms with Gasteiger partial charge in [0.1, 0.15) is 11.8 Å². The van der Waals surface area contributed by atoms with Gasteiger partial charge in [-0.05, 0) is 30.9 Å². The van der Waals surface area contributed by atoms with Crippen molar-refractivity contribution in [3.63, 3.8) is 0 Å². The Bertz CT molecular complexity index is 587. The number of rotatable bonds is 3. The van der Waals surface area contributed by atoms with Gasteiger partial charge in [-0.3, -0.25) is 4.90 Å². The first-order valence-corrected chi connectivity index (χ1v) is 8.79. The van der Waals surface area contributed by atoms with Crippen molar-refractivity contribution in [2.75, 3.05) is 37.6 Å². The Morgan fingerprint density at radius 2 is 1.77 bits per heavy atom. The number of pyridine rings is 1. The molecule has 3 N–H and O–H groups in total. The summed E-state index contributed by atoms with van der Waals surface area (Å²) in [5, 5.41) is 29.2. The summed E-state index contributed by atoms with van der Waals surface area (Å²) in [6.07, 6.45) is -4.37. The second-order valence-electron chi connectivity index (χ2n) is 7.20. The number of hydrogen-bond donors (Lipinski definition) is 3. The van der Waals surface area contributed by atoms with Crippen molar-refractivity contribution in [1.82, 2.24) is 9.88 Å². The van der Waals surface area contributed by atoms with Crippen LogP contribution >= 0.6 is 0 Å². The fourth-order valence-corrected chi connectivity index (χ4v) is 3.78. The van der Waals surface area contributed by atoms with E-state index in [0.29, 0.717) is 31.9 Å². The standard InChI is InChI=1S/C17H24F3N3O3/c18-17(19,20)15-4-3-12(6-21-15)23-5-1-2-11(8-23)7-22-9-13(24)16(26)14(25)10-22/h3-4,6,11,13-14,16,24-26H,1-2,5,7-10H2/t11-,13-,14+,16+/m1/s1. The number of anilines is 1. The third-order valence-corrected chi connectivity index (χ3v) is 5.12. The van der Waals surface area contributed by atoms with E-state index in [1.807, 2.05) is 9.80 Å². The van der Waals surface area contributed by atoms with E-state index in [4.69, 9.17) is 0 Å². The van der Waals surface area contributed by atoms with Gasteiger partial charge in [0.15, 0.2) is 0 Å². The molecule has 146 valence electrons. The van der Waals surface area contributed by atoms with Gasteiger partial charge in [0, 0.05) is 32.7 Å². The Balaban J connectivity index is 1.59. The van der Waals surface area contributed by atoms with Crippen molar-refractivity contribution < 1.29 is 28.5 Å². The van der Waals surface area contributed by atoms with E-state index < -0.39 is 30.2 Å². The van der Waals surface area contributed by atoms with E-state index in [0.717, 1.165) is 25.5 Å². The topological polar surface area (TPSA) is 80.1 Å². The van der Waals surface area contributed by atoms with Gasteiger partial charge >= 0.3 is 6.18 Å². The zero-order valence-electron chi connectivity index (χ0n) is 14.3. The molecule has 1 aromatic rings. The monoisotopic (exact) mass is 375 g/mol. The van der Waals surface area contributed by atoms with Gasteiger partial charge in [-0.2, -0.15) is 13.2 Å². The molecule has 0 spiro atoms. The lowest BCUT2D eigenvalue weighted by molar-refractivity contribution is -0.141. The molecule has 26 heavy (non-hydrogen) atoms. The predicted molar refractivity (Wildman–Crippen MR) is 88.6 cm³/mol. The lowest BCUT2D eigenvalue weighted by Crippen LogP contribution is -2.56. The number of aliphatic hydroxyl groups excluding tert-OH is 3. The number of nitrogens with zero attached hydrogens (tertiary/aromatic N) is 3. The van der Waals surface area contributed by atoms with Crippen LogP contribution in [-0.4, -0.2) is 76.2 Å². The van der Waals surface area contributed by atoms with Crippen LogP contribution in [0.25, 0.3) is 0 Å². The number of aliphatic hydroxyl groups is 3. The van der Waals surface area contributed by atoms with E-state index in [1.165, 1.54) is 12.3 Å². The molecule has 0 bridgehead atoms. The quantitative estimate of drug-likeness (QED) is 0.722. The summed E-state index contributed by atoms with van der Waals surface area (Å²) in [5.74, 6) is 0.265. The maximum atomic E-state index is 12.6. The molecule has 9 heteroatoms. The maximum absolute atomic E-state index is 12.6. The highest BCUT2D eigenvalue weighted by molar-refractivity contribution is 5.45. The van der Waals surface area contributed by atoms with Crippen molar-refractivity contribution in [3.8, 4) is 0 Å². The largest absolute Gasteiger partial charge is 0.433 e. The van der Waals surface area contributed by atoms with Crippen LogP contribution in [0.4, 0.5) is 18.9 Å². The zero-order valence-corrected chi connectivity index (χ0v) is 14.3. The van der Waals surface area contributed by atoms with Gasteiger partial charge in [0.2, 0.25) is 0 Å². The maximum Gasteiger partial charge on any atom is 0.433 e. The molecular weight excluding hydrogens is 351 g/mol. The molecule has 1 aromatic heterocycles. The van der Waals surface area contributed by atoms with Crippen LogP contribution in [0.2, 0.25) is 0 Å². The molecule has 0 radical (unpaired) electrons. The number of piperidine rings is 2. The number of aromatic nitrogens is 1. The molecule has 2 aliphatic rings. The number of hydrogen-bond acceptors (Lipinski definition) is 6. The molecule has 4 atom stereocenters. The Kier molecular flexibility index (Phi) is 5.71. The molecule has 6 nitrogen and oxygen atoms in total. The molecule has 3 heterocycles. The second kappa shape index (κ2) is 7.67. The van der Waals surface area contributed by atoms with Gasteiger partial charge in [0.05, 0.1) is 24.1 Å². The van der Waals surface area contributed by atoms with Crippen LogP contribution in [0.5, 0.6) is 0 Å². The molecule has 2 saturated heterocycles. The van der Waals surface area contributed by atoms with Crippen LogP contribution in [0.1, 0.15) is 18.5 Å². The normalized spacial score (nSPS) is 31.2. The lowest BCUT2D eigenvalue weighted by Gasteiger charge is -2.41. The van der Waals surface area contributed by atoms with Crippen LogP contribution in [0.3, 0.4) is 0 Å². The van der Waals surface area contributed by atoms with E-state index in [9.17, 15) is 28.5 Å². The Morgan fingerprint density at radius 1 is 1.08 bits per heavy atom. The Morgan fingerprint density at radius 3 is 2.35 bits per heavy atom. The second-order valence-corrected chi connectivity index (χ2v) is 7.20. The van der Waals surface area contributed by atoms with Crippen molar-refractivity contribution in [1.29, 1.82) is 0 Å². The molecule has 0 saturated carbocycles. The van der Waals surface area contributed by atoms with Crippen molar-refractivity contribution in [2.24, 2.45) is 5.92 Å². The average molecular weight is 375 g/mol. The zero-order chi connectivity index (χ0) is 18.9. The van der Waals surface area contributed by atoms with E-state index in [-0.39, 0.29) is 5.92 Å². The minimum Gasteiger partial charge on any atom is -0.389 e. The summed E-state index contributed by atoms with van der Waals surface area (Å²) in [7, 11) is 0. The summed E-state index contributed by atoms with van der Waals surface area (Å²) in [6, 6.07) is 2.45. The highest BCUT2D eigenvalue weighted by Gasteiger charge is 2.35. The number of likely N-dealkylation sites (tertiary alicyclic amines) is 1. The fourth-order valence-electron chi connectivity index (χ4n) is 3.78. The molecule has 0 aliphatic carbocycles. The van der Waals surface area contributed by atoms with Gasteiger partial charge < -0.3 is 20.2 Å². The third kappa shape index (κ3) is 4.46. The molecule has 0 amide bonds. The molecule has 0 unspecified atom stereocenters. The van der Waals surface area contributed by atoms with Crippen LogP contribution in [-0.2, 0) is 6.18 Å². The van der Waals surface area contributed by atoms with E-state index in [1.54, 1.807) is 0 Å². The summed E-state index contributed by atoms with van der Waals surface area (Å²) < 4.78 is 37.9. The molecule has 2 aliphatic heterocycles. The minimum atomic E-state index is -4.44. The van der Waals surface area contributed by atoms with E-state index >= 15 is 0 Å². The first kappa shape index (κ1) is 19.3. The summed E-state index contributed by atoms with van der Waals surface area (Å²) in [5.41, 5.74) is -0.235. The Labute approximate surface area is 149 Å². The average Bonchev–Trinajstić information content (AvgIpc) is 2.59. The number of halogens is 3. The molecule has 2 fully saturated rings. The van der Waals surface area contributed by atoms with Crippen LogP contribution in [0, 0.1) is 5.92 Å². The summed E-state index contributed by atoms with van der Waals surface area (Å²) >= 11 is 0. The van der Waals surface area contributed by atoms with Gasteiger partial charge in [-0.1, -0.05) is 0 Å². The molecule has 0 aromatic carbocycles. The first-order chi connectivity index (χ1) is 12.2. The first-order valence-electron chi connectivity index (χ1n) is 8.79.